The molecule has 1 aliphatic rings. The average Bonchev–Trinajstić information content (AvgIpc) is 3.03. The number of pyridine rings is 1. The summed E-state index contributed by atoms with van der Waals surface area (Å²) in [6.07, 6.45) is 1.83. The van der Waals surface area contributed by atoms with E-state index in [2.05, 4.69) is 10.3 Å². The number of anilines is 1. The van der Waals surface area contributed by atoms with Crippen molar-refractivity contribution in [2.75, 3.05) is 18.1 Å². The van der Waals surface area contributed by atoms with Gasteiger partial charge in [0, 0.05) is 42.0 Å². The Labute approximate surface area is 157 Å². The summed E-state index contributed by atoms with van der Waals surface area (Å²) in [5.74, 6) is -0.120. The first-order valence-electron chi connectivity index (χ1n) is 8.48. The molecule has 1 N–H and O–H groups in total. The molecule has 7 heteroatoms. The van der Waals surface area contributed by atoms with E-state index < -0.39 is 5.92 Å². The van der Waals surface area contributed by atoms with Gasteiger partial charge < -0.3 is 15.0 Å². The Balaban J connectivity index is 1.62. The fourth-order valence-corrected chi connectivity index (χ4v) is 3.11. The first kappa shape index (κ1) is 18.2. The normalized spacial score (nSPS) is 16.6. The monoisotopic (exact) mass is 373 g/mol. The molecule has 1 saturated heterocycles. The van der Waals surface area contributed by atoms with Gasteiger partial charge in [-0.2, -0.15) is 0 Å². The standard InChI is InChI=1S/C19H20ClN3O3/c1-2-26-19-13(5-4-8-21-19)11-22-18(25)14-9-17(24)23(12-14)16-7-3-6-15(20)10-16/h3-8,10,14H,2,9,11-12H2,1H3,(H,22,25). The summed E-state index contributed by atoms with van der Waals surface area (Å²) in [6, 6.07) is 10.7. The van der Waals surface area contributed by atoms with Gasteiger partial charge in [0.25, 0.3) is 0 Å². The van der Waals surface area contributed by atoms with Crippen LogP contribution in [0.3, 0.4) is 0 Å². The number of benzene rings is 1. The molecule has 2 aromatic rings. The Morgan fingerprint density at radius 3 is 3.00 bits per heavy atom. The lowest BCUT2D eigenvalue weighted by atomic mass is 10.1. The van der Waals surface area contributed by atoms with Crippen LogP contribution in [0.5, 0.6) is 5.88 Å². The average molecular weight is 374 g/mol. The number of halogens is 1. The van der Waals surface area contributed by atoms with Crippen LogP contribution in [0, 0.1) is 5.92 Å². The topological polar surface area (TPSA) is 71.5 Å². The maximum Gasteiger partial charge on any atom is 0.227 e. The maximum atomic E-state index is 12.5. The molecule has 6 nitrogen and oxygen atoms in total. The predicted octanol–water partition coefficient (Wildman–Crippen LogP) is 2.80. The number of carbonyl (C=O) groups excluding carboxylic acids is 2. The van der Waals surface area contributed by atoms with E-state index in [0.29, 0.717) is 36.3 Å². The van der Waals surface area contributed by atoms with Gasteiger partial charge in [-0.15, -0.1) is 0 Å². The maximum absolute atomic E-state index is 12.5. The number of nitrogens with zero attached hydrogens (tertiary/aromatic N) is 2. The second-order valence-electron chi connectivity index (χ2n) is 6.00. The molecule has 2 heterocycles. The third kappa shape index (κ3) is 4.14. The highest BCUT2D eigenvalue weighted by Gasteiger charge is 2.35. The number of amides is 2. The zero-order valence-electron chi connectivity index (χ0n) is 14.4. The van der Waals surface area contributed by atoms with Crippen LogP contribution in [0.4, 0.5) is 5.69 Å². The fraction of sp³-hybridized carbons (Fsp3) is 0.316. The molecular weight excluding hydrogens is 354 g/mol. The van der Waals surface area contributed by atoms with Crippen LogP contribution in [0.2, 0.25) is 5.02 Å². The molecule has 26 heavy (non-hydrogen) atoms. The van der Waals surface area contributed by atoms with E-state index in [0.717, 1.165) is 5.56 Å². The first-order chi connectivity index (χ1) is 12.6. The Kier molecular flexibility index (Phi) is 5.73. The van der Waals surface area contributed by atoms with E-state index in [1.807, 2.05) is 19.1 Å². The van der Waals surface area contributed by atoms with Gasteiger partial charge in [-0.3, -0.25) is 9.59 Å². The van der Waals surface area contributed by atoms with Crippen LogP contribution in [0.1, 0.15) is 18.9 Å². The summed E-state index contributed by atoms with van der Waals surface area (Å²) in [5.41, 5.74) is 1.52. The fourth-order valence-electron chi connectivity index (χ4n) is 2.93. The van der Waals surface area contributed by atoms with Gasteiger partial charge in [-0.1, -0.05) is 23.7 Å². The number of ether oxygens (including phenoxy) is 1. The van der Waals surface area contributed by atoms with Crippen LogP contribution < -0.4 is 15.0 Å². The van der Waals surface area contributed by atoms with E-state index in [-0.39, 0.29) is 18.2 Å². The number of hydrogen-bond acceptors (Lipinski definition) is 4. The largest absolute Gasteiger partial charge is 0.478 e. The Bertz CT molecular complexity index is 812. The molecule has 0 saturated carbocycles. The van der Waals surface area contributed by atoms with Crippen LogP contribution in [0.15, 0.2) is 42.6 Å². The van der Waals surface area contributed by atoms with Crippen molar-refractivity contribution in [1.82, 2.24) is 10.3 Å². The molecule has 1 fully saturated rings. The molecule has 0 radical (unpaired) electrons. The summed E-state index contributed by atoms with van der Waals surface area (Å²) in [7, 11) is 0. The number of hydrogen-bond donors (Lipinski definition) is 1. The summed E-state index contributed by atoms with van der Waals surface area (Å²) >= 11 is 5.99. The molecule has 1 atom stereocenters. The second kappa shape index (κ2) is 8.19. The van der Waals surface area contributed by atoms with Gasteiger partial charge in [0.15, 0.2) is 0 Å². The van der Waals surface area contributed by atoms with Crippen molar-refractivity contribution in [1.29, 1.82) is 0 Å². The number of rotatable bonds is 6. The molecule has 0 bridgehead atoms. The Hall–Kier alpha value is -2.60. The minimum Gasteiger partial charge on any atom is -0.478 e. The van der Waals surface area contributed by atoms with Crippen molar-refractivity contribution < 1.29 is 14.3 Å². The van der Waals surface area contributed by atoms with Crippen LogP contribution in [-0.4, -0.2) is 29.9 Å². The van der Waals surface area contributed by atoms with E-state index >= 15 is 0 Å². The van der Waals surface area contributed by atoms with Gasteiger partial charge >= 0.3 is 0 Å². The number of nitrogens with one attached hydrogen (secondary N) is 1. The Morgan fingerprint density at radius 2 is 2.23 bits per heavy atom. The van der Waals surface area contributed by atoms with Gasteiger partial charge in [-0.25, -0.2) is 4.98 Å². The lowest BCUT2D eigenvalue weighted by molar-refractivity contribution is -0.126. The molecule has 2 amide bonds. The molecule has 1 aromatic heterocycles. The highest BCUT2D eigenvalue weighted by Crippen LogP contribution is 2.27. The SMILES string of the molecule is CCOc1ncccc1CNC(=O)C1CC(=O)N(c2cccc(Cl)c2)C1. The minimum atomic E-state index is -0.395. The number of carbonyl (C=O) groups is 2. The lowest BCUT2D eigenvalue weighted by Gasteiger charge is -2.17. The first-order valence-corrected chi connectivity index (χ1v) is 8.86. The van der Waals surface area contributed by atoms with Gasteiger partial charge in [0.05, 0.1) is 12.5 Å². The number of aromatic nitrogens is 1. The van der Waals surface area contributed by atoms with Crippen molar-refractivity contribution in [2.45, 2.75) is 19.9 Å². The molecular formula is C19H20ClN3O3. The highest BCUT2D eigenvalue weighted by atomic mass is 35.5. The van der Waals surface area contributed by atoms with E-state index in [1.165, 1.54) is 0 Å². The predicted molar refractivity (Wildman–Crippen MR) is 99.2 cm³/mol. The minimum absolute atomic E-state index is 0.0798. The summed E-state index contributed by atoms with van der Waals surface area (Å²) in [5, 5.41) is 3.44. The zero-order valence-corrected chi connectivity index (χ0v) is 15.2. The molecule has 1 aromatic carbocycles. The van der Waals surface area contributed by atoms with E-state index in [4.69, 9.17) is 16.3 Å². The smallest absolute Gasteiger partial charge is 0.227 e. The van der Waals surface area contributed by atoms with Gasteiger partial charge in [0.1, 0.15) is 0 Å². The van der Waals surface area contributed by atoms with Crippen molar-refractivity contribution in [3.8, 4) is 5.88 Å². The zero-order chi connectivity index (χ0) is 18.5. The third-order valence-corrected chi connectivity index (χ3v) is 4.43. The molecule has 1 unspecified atom stereocenters. The van der Waals surface area contributed by atoms with Crippen LogP contribution in [-0.2, 0) is 16.1 Å². The van der Waals surface area contributed by atoms with E-state index in [1.54, 1.807) is 35.4 Å². The molecule has 0 spiro atoms. The molecule has 3 rings (SSSR count). The summed E-state index contributed by atoms with van der Waals surface area (Å²) in [6.45, 7) is 3.04. The molecule has 1 aliphatic heterocycles. The highest BCUT2D eigenvalue weighted by molar-refractivity contribution is 6.31. The third-order valence-electron chi connectivity index (χ3n) is 4.20. The summed E-state index contributed by atoms with van der Waals surface area (Å²) in [4.78, 5) is 30.6. The van der Waals surface area contributed by atoms with Crippen molar-refractivity contribution in [3.05, 3.63) is 53.2 Å². The Morgan fingerprint density at radius 1 is 1.38 bits per heavy atom. The van der Waals surface area contributed by atoms with Crippen molar-refractivity contribution in [2.24, 2.45) is 5.92 Å². The lowest BCUT2D eigenvalue weighted by Crippen LogP contribution is -2.32. The van der Waals surface area contributed by atoms with Crippen molar-refractivity contribution in [3.63, 3.8) is 0 Å². The van der Waals surface area contributed by atoms with Crippen molar-refractivity contribution >= 4 is 29.1 Å². The summed E-state index contributed by atoms with van der Waals surface area (Å²) < 4.78 is 5.46. The molecule has 0 aliphatic carbocycles. The quantitative estimate of drug-likeness (QED) is 0.845. The van der Waals surface area contributed by atoms with Gasteiger partial charge in [0.2, 0.25) is 17.7 Å². The second-order valence-corrected chi connectivity index (χ2v) is 6.44. The van der Waals surface area contributed by atoms with Crippen LogP contribution >= 0.6 is 11.6 Å². The van der Waals surface area contributed by atoms with Crippen LogP contribution in [0.25, 0.3) is 0 Å². The van der Waals surface area contributed by atoms with E-state index in [9.17, 15) is 9.59 Å². The molecule has 136 valence electrons. The van der Waals surface area contributed by atoms with Gasteiger partial charge in [-0.05, 0) is 31.2 Å².